The summed E-state index contributed by atoms with van der Waals surface area (Å²) >= 11 is 0. The number of benzene rings is 1. The molecule has 2 aliphatic heterocycles. The molecule has 6 nitrogen and oxygen atoms in total. The lowest BCUT2D eigenvalue weighted by molar-refractivity contribution is -0.131. The number of urea groups is 1. The molecule has 0 radical (unpaired) electrons. The molecule has 1 aromatic rings. The molecule has 25 heavy (non-hydrogen) atoms. The van der Waals surface area contributed by atoms with Gasteiger partial charge in [0.15, 0.2) is 5.78 Å². The second-order valence-corrected chi connectivity index (χ2v) is 7.16. The Balaban J connectivity index is 1.51. The van der Waals surface area contributed by atoms with Gasteiger partial charge >= 0.3 is 6.03 Å². The average molecular weight is 342 g/mol. The number of hydrogen-bond donors (Lipinski definition) is 1. The summed E-state index contributed by atoms with van der Waals surface area (Å²) in [6.45, 7) is 0.425. The molecule has 0 bridgehead atoms. The third-order valence-electron chi connectivity index (χ3n) is 5.52. The van der Waals surface area contributed by atoms with Gasteiger partial charge in [-0.15, -0.1) is 0 Å². The fourth-order valence-corrected chi connectivity index (χ4v) is 4.09. The van der Waals surface area contributed by atoms with Crippen molar-refractivity contribution in [2.24, 2.45) is 0 Å². The highest BCUT2D eigenvalue weighted by atomic mass is 16.5. The first kappa shape index (κ1) is 16.1. The monoisotopic (exact) mass is 342 g/mol. The molecule has 1 saturated carbocycles. The van der Waals surface area contributed by atoms with Gasteiger partial charge < -0.3 is 10.1 Å². The molecule has 0 unspecified atom stereocenters. The Labute approximate surface area is 146 Å². The van der Waals surface area contributed by atoms with E-state index in [-0.39, 0.29) is 18.2 Å². The third kappa shape index (κ3) is 2.79. The van der Waals surface area contributed by atoms with Gasteiger partial charge in [-0.1, -0.05) is 25.7 Å². The number of carbonyl (C=O) groups is 3. The standard InChI is InChI=1S/C19H22N2O4/c22-15(13-5-6-16-14(11-13)7-10-25-16)12-21-17(23)19(20-18(21)24)8-3-1-2-4-9-19/h5-6,11H,1-4,7-10,12H2,(H,20,24). The summed E-state index contributed by atoms with van der Waals surface area (Å²) < 4.78 is 5.45. The van der Waals surface area contributed by atoms with Gasteiger partial charge in [-0.3, -0.25) is 14.5 Å². The molecule has 2 heterocycles. The van der Waals surface area contributed by atoms with Crippen LogP contribution in [-0.2, 0) is 11.2 Å². The summed E-state index contributed by atoms with van der Waals surface area (Å²) in [5.41, 5.74) is 0.731. The van der Waals surface area contributed by atoms with Crippen LogP contribution in [-0.4, -0.2) is 41.3 Å². The van der Waals surface area contributed by atoms with Gasteiger partial charge in [0, 0.05) is 12.0 Å². The molecule has 6 heteroatoms. The van der Waals surface area contributed by atoms with Crippen LogP contribution in [0.5, 0.6) is 5.75 Å². The Morgan fingerprint density at radius 2 is 1.92 bits per heavy atom. The predicted octanol–water partition coefficient (Wildman–Crippen LogP) is 2.45. The van der Waals surface area contributed by atoms with Crippen molar-refractivity contribution in [1.82, 2.24) is 10.2 Å². The Bertz CT molecular complexity index is 735. The SMILES string of the molecule is O=C(CN1C(=O)NC2(CCCCCC2)C1=O)c1ccc2c(c1)CCO2. The van der Waals surface area contributed by atoms with Crippen molar-refractivity contribution in [2.45, 2.75) is 50.5 Å². The number of rotatable bonds is 3. The summed E-state index contributed by atoms with van der Waals surface area (Å²) in [6.07, 6.45) is 6.14. The smallest absolute Gasteiger partial charge is 0.325 e. The van der Waals surface area contributed by atoms with E-state index in [1.807, 2.05) is 6.07 Å². The van der Waals surface area contributed by atoms with Crippen molar-refractivity contribution in [3.05, 3.63) is 29.3 Å². The van der Waals surface area contributed by atoms with Gasteiger partial charge in [0.25, 0.3) is 5.91 Å². The number of nitrogens with one attached hydrogen (secondary N) is 1. The van der Waals surface area contributed by atoms with Gasteiger partial charge in [0.1, 0.15) is 11.3 Å². The number of imide groups is 1. The van der Waals surface area contributed by atoms with Crippen molar-refractivity contribution in [1.29, 1.82) is 0 Å². The Morgan fingerprint density at radius 1 is 1.16 bits per heavy atom. The van der Waals surface area contributed by atoms with E-state index in [2.05, 4.69) is 5.32 Å². The van der Waals surface area contributed by atoms with Crippen LogP contribution in [0.1, 0.15) is 54.4 Å². The van der Waals surface area contributed by atoms with Gasteiger partial charge in [-0.05, 0) is 36.6 Å². The van der Waals surface area contributed by atoms with E-state index < -0.39 is 11.6 Å². The highest BCUT2D eigenvalue weighted by Crippen LogP contribution is 2.33. The summed E-state index contributed by atoms with van der Waals surface area (Å²) in [6, 6.07) is 4.86. The molecule has 1 spiro atoms. The van der Waals surface area contributed by atoms with E-state index in [0.717, 1.165) is 48.3 Å². The van der Waals surface area contributed by atoms with Crippen molar-refractivity contribution in [3.8, 4) is 5.75 Å². The van der Waals surface area contributed by atoms with E-state index in [9.17, 15) is 14.4 Å². The maximum absolute atomic E-state index is 12.9. The van der Waals surface area contributed by atoms with Crippen molar-refractivity contribution in [2.75, 3.05) is 13.2 Å². The van der Waals surface area contributed by atoms with Crippen LogP contribution in [0, 0.1) is 0 Å². The number of amides is 3. The first-order valence-electron chi connectivity index (χ1n) is 9.02. The molecule has 0 aromatic heterocycles. The second-order valence-electron chi connectivity index (χ2n) is 7.16. The lowest BCUT2D eigenvalue weighted by atomic mass is 9.90. The van der Waals surface area contributed by atoms with Crippen LogP contribution in [0.4, 0.5) is 4.79 Å². The Hall–Kier alpha value is -2.37. The number of Topliss-reactive ketones (excluding diaryl/α,β-unsaturated/α-hetero) is 1. The maximum Gasteiger partial charge on any atom is 0.325 e. The molecular weight excluding hydrogens is 320 g/mol. The van der Waals surface area contributed by atoms with Crippen LogP contribution in [0.15, 0.2) is 18.2 Å². The molecular formula is C19H22N2O4. The topological polar surface area (TPSA) is 75.7 Å². The molecule has 1 N–H and O–H groups in total. The lowest BCUT2D eigenvalue weighted by Crippen LogP contribution is -2.46. The highest BCUT2D eigenvalue weighted by molar-refractivity contribution is 6.11. The zero-order valence-corrected chi connectivity index (χ0v) is 14.2. The number of fused-ring (bicyclic) bond motifs is 1. The molecule has 1 saturated heterocycles. The highest BCUT2D eigenvalue weighted by Gasteiger charge is 2.51. The number of hydrogen-bond acceptors (Lipinski definition) is 4. The van der Waals surface area contributed by atoms with Crippen LogP contribution in [0.3, 0.4) is 0 Å². The maximum atomic E-state index is 12.9. The number of ether oxygens (including phenoxy) is 1. The minimum absolute atomic E-state index is 0.202. The van der Waals surface area contributed by atoms with E-state index in [0.29, 0.717) is 25.0 Å². The summed E-state index contributed by atoms with van der Waals surface area (Å²) in [4.78, 5) is 38.9. The van der Waals surface area contributed by atoms with Crippen LogP contribution < -0.4 is 10.1 Å². The lowest BCUT2D eigenvalue weighted by Gasteiger charge is -2.24. The predicted molar refractivity (Wildman–Crippen MR) is 90.6 cm³/mol. The summed E-state index contributed by atoms with van der Waals surface area (Å²) in [7, 11) is 0. The van der Waals surface area contributed by atoms with E-state index in [4.69, 9.17) is 4.74 Å². The molecule has 132 valence electrons. The van der Waals surface area contributed by atoms with Gasteiger partial charge in [-0.25, -0.2) is 4.79 Å². The fraction of sp³-hybridized carbons (Fsp3) is 0.526. The normalized spacial score (nSPS) is 21.7. The van der Waals surface area contributed by atoms with E-state index in [1.54, 1.807) is 12.1 Å². The number of carbonyl (C=O) groups excluding carboxylic acids is 3. The van der Waals surface area contributed by atoms with Gasteiger partial charge in [0.05, 0.1) is 13.2 Å². The van der Waals surface area contributed by atoms with Crippen LogP contribution >= 0.6 is 0 Å². The van der Waals surface area contributed by atoms with Crippen LogP contribution in [0.25, 0.3) is 0 Å². The first-order chi connectivity index (χ1) is 12.1. The van der Waals surface area contributed by atoms with Crippen molar-refractivity contribution in [3.63, 3.8) is 0 Å². The zero-order valence-electron chi connectivity index (χ0n) is 14.2. The molecule has 2 fully saturated rings. The first-order valence-corrected chi connectivity index (χ1v) is 9.02. The fourth-order valence-electron chi connectivity index (χ4n) is 4.09. The Morgan fingerprint density at radius 3 is 2.68 bits per heavy atom. The van der Waals surface area contributed by atoms with Crippen LogP contribution in [0.2, 0.25) is 0 Å². The molecule has 0 atom stereocenters. The molecule has 3 amide bonds. The van der Waals surface area contributed by atoms with E-state index in [1.165, 1.54) is 0 Å². The summed E-state index contributed by atoms with van der Waals surface area (Å²) in [5, 5.41) is 2.87. The van der Waals surface area contributed by atoms with Gasteiger partial charge in [0.2, 0.25) is 0 Å². The third-order valence-corrected chi connectivity index (χ3v) is 5.52. The number of ketones is 1. The Kier molecular flexibility index (Phi) is 3.98. The van der Waals surface area contributed by atoms with Gasteiger partial charge in [-0.2, -0.15) is 0 Å². The number of nitrogens with zero attached hydrogens (tertiary/aromatic N) is 1. The summed E-state index contributed by atoms with van der Waals surface area (Å²) in [5.74, 6) is 0.352. The molecule has 1 aromatic carbocycles. The zero-order chi connectivity index (χ0) is 17.4. The van der Waals surface area contributed by atoms with Crippen molar-refractivity contribution < 1.29 is 19.1 Å². The van der Waals surface area contributed by atoms with Crippen molar-refractivity contribution >= 4 is 17.7 Å². The quantitative estimate of drug-likeness (QED) is 0.676. The second kappa shape index (κ2) is 6.17. The molecule has 1 aliphatic carbocycles. The average Bonchev–Trinajstić information content (AvgIpc) is 3.06. The largest absolute Gasteiger partial charge is 0.493 e. The minimum atomic E-state index is -0.792. The molecule has 3 aliphatic rings. The van der Waals surface area contributed by atoms with E-state index >= 15 is 0 Å². The minimum Gasteiger partial charge on any atom is -0.493 e. The molecule has 4 rings (SSSR count).